The lowest BCUT2D eigenvalue weighted by atomic mass is 9.87. The molecule has 2 unspecified atom stereocenters. The van der Waals surface area contributed by atoms with Crippen molar-refractivity contribution in [1.29, 1.82) is 0 Å². The molecule has 1 N–H and O–H groups in total. The summed E-state index contributed by atoms with van der Waals surface area (Å²) in [6.07, 6.45) is 5.01. The number of hydrogen-bond donors (Lipinski definition) is 1. The molecule has 4 heteroatoms. The van der Waals surface area contributed by atoms with Gasteiger partial charge in [-0.05, 0) is 45.4 Å². The summed E-state index contributed by atoms with van der Waals surface area (Å²) < 4.78 is 5.59. The zero-order chi connectivity index (χ0) is 13.8. The van der Waals surface area contributed by atoms with E-state index < -0.39 is 0 Å². The van der Waals surface area contributed by atoms with Gasteiger partial charge in [-0.15, -0.1) is 0 Å². The van der Waals surface area contributed by atoms with E-state index in [1.165, 1.54) is 12.8 Å². The van der Waals surface area contributed by atoms with Crippen molar-refractivity contribution in [3.8, 4) is 0 Å². The first-order chi connectivity index (χ1) is 9.04. The fourth-order valence-electron chi connectivity index (χ4n) is 3.05. The van der Waals surface area contributed by atoms with Crippen LogP contribution in [0.25, 0.3) is 0 Å². The first-order valence-corrected chi connectivity index (χ1v) is 7.69. The molecule has 2 atom stereocenters. The van der Waals surface area contributed by atoms with Gasteiger partial charge in [-0.2, -0.15) is 0 Å². The molecule has 1 aliphatic heterocycles. The van der Waals surface area contributed by atoms with Crippen molar-refractivity contribution in [3.05, 3.63) is 0 Å². The molecule has 0 aromatic heterocycles. The van der Waals surface area contributed by atoms with E-state index in [9.17, 15) is 4.79 Å². The Balaban J connectivity index is 1.74. The van der Waals surface area contributed by atoms with Gasteiger partial charge in [0.25, 0.3) is 0 Å². The summed E-state index contributed by atoms with van der Waals surface area (Å²) in [4.78, 5) is 14.4. The number of nitrogens with zero attached hydrogens (tertiary/aromatic N) is 1. The lowest BCUT2D eigenvalue weighted by molar-refractivity contribution is -0.126. The molecule has 0 aromatic rings. The zero-order valence-electron chi connectivity index (χ0n) is 12.5. The van der Waals surface area contributed by atoms with E-state index in [1.54, 1.807) is 0 Å². The highest BCUT2D eigenvalue weighted by molar-refractivity contribution is 5.78. The van der Waals surface area contributed by atoms with Gasteiger partial charge in [0, 0.05) is 18.6 Å². The van der Waals surface area contributed by atoms with Crippen LogP contribution in [0.2, 0.25) is 0 Å². The smallest absolute Gasteiger partial charge is 0.234 e. The highest BCUT2D eigenvalue weighted by Gasteiger charge is 2.26. The topological polar surface area (TPSA) is 41.6 Å². The van der Waals surface area contributed by atoms with Crippen LogP contribution in [0.1, 0.15) is 46.5 Å². The van der Waals surface area contributed by atoms with Crippen LogP contribution < -0.4 is 5.32 Å². The van der Waals surface area contributed by atoms with Gasteiger partial charge in [-0.3, -0.25) is 9.69 Å². The highest BCUT2D eigenvalue weighted by Crippen LogP contribution is 2.23. The molecular formula is C15H28N2O2. The number of amides is 1. The fraction of sp³-hybridized carbons (Fsp3) is 0.933. The van der Waals surface area contributed by atoms with Crippen molar-refractivity contribution in [1.82, 2.24) is 10.2 Å². The van der Waals surface area contributed by atoms with E-state index in [-0.39, 0.29) is 12.0 Å². The maximum absolute atomic E-state index is 12.1. The van der Waals surface area contributed by atoms with Gasteiger partial charge in [0.15, 0.2) is 0 Å². The second-order valence-electron chi connectivity index (χ2n) is 6.45. The van der Waals surface area contributed by atoms with Crippen molar-refractivity contribution in [2.75, 3.05) is 19.7 Å². The van der Waals surface area contributed by atoms with Gasteiger partial charge in [-0.1, -0.05) is 6.92 Å². The second kappa shape index (κ2) is 6.71. The van der Waals surface area contributed by atoms with Gasteiger partial charge in [0.05, 0.1) is 19.3 Å². The van der Waals surface area contributed by atoms with E-state index in [4.69, 9.17) is 4.74 Å². The largest absolute Gasteiger partial charge is 0.376 e. The predicted octanol–water partition coefficient (Wildman–Crippen LogP) is 1.79. The van der Waals surface area contributed by atoms with Crippen molar-refractivity contribution in [3.63, 3.8) is 0 Å². The lowest BCUT2D eigenvalue weighted by Crippen LogP contribution is -2.52. The molecule has 1 amide bonds. The first-order valence-electron chi connectivity index (χ1n) is 7.69. The molecule has 2 rings (SSSR count). The van der Waals surface area contributed by atoms with Crippen LogP contribution in [-0.4, -0.2) is 48.7 Å². The molecule has 1 heterocycles. The third-order valence-corrected chi connectivity index (χ3v) is 4.46. The number of rotatable bonds is 3. The number of carbonyl (C=O) groups excluding carboxylic acids is 1. The Morgan fingerprint density at radius 2 is 1.89 bits per heavy atom. The van der Waals surface area contributed by atoms with Crippen molar-refractivity contribution >= 4 is 5.91 Å². The van der Waals surface area contributed by atoms with Gasteiger partial charge in [0.2, 0.25) is 5.91 Å². The second-order valence-corrected chi connectivity index (χ2v) is 6.45. The molecule has 2 aliphatic rings. The highest BCUT2D eigenvalue weighted by atomic mass is 16.5. The molecule has 0 radical (unpaired) electrons. The van der Waals surface area contributed by atoms with Crippen molar-refractivity contribution in [2.45, 2.75) is 64.6 Å². The normalized spacial score (nSPS) is 37.0. The summed E-state index contributed by atoms with van der Waals surface area (Å²) in [6.45, 7) is 8.60. The Hall–Kier alpha value is -0.610. The number of nitrogens with one attached hydrogen (secondary N) is 1. The Labute approximate surface area is 116 Å². The third kappa shape index (κ3) is 4.46. The van der Waals surface area contributed by atoms with Gasteiger partial charge in [-0.25, -0.2) is 0 Å². The summed E-state index contributed by atoms with van der Waals surface area (Å²) in [5.41, 5.74) is 0. The number of ether oxygens (including phenoxy) is 1. The lowest BCUT2D eigenvalue weighted by Gasteiger charge is -2.36. The monoisotopic (exact) mass is 268 g/mol. The van der Waals surface area contributed by atoms with E-state index >= 15 is 0 Å². The molecule has 0 bridgehead atoms. The maximum Gasteiger partial charge on any atom is 0.234 e. The minimum atomic E-state index is 0.181. The molecule has 1 aliphatic carbocycles. The van der Waals surface area contributed by atoms with E-state index in [1.807, 2.05) is 0 Å². The van der Waals surface area contributed by atoms with Crippen LogP contribution in [0.15, 0.2) is 0 Å². The maximum atomic E-state index is 12.1. The first kappa shape index (κ1) is 14.8. The zero-order valence-corrected chi connectivity index (χ0v) is 12.5. The van der Waals surface area contributed by atoms with Crippen LogP contribution in [0.3, 0.4) is 0 Å². The summed E-state index contributed by atoms with van der Waals surface area (Å²) in [7, 11) is 0. The standard InChI is InChI=1S/C15H28N2O2/c1-11-4-6-14(7-5-11)16-15(18)9-17-8-13(3)19-10-12(17)2/h11-14H,4-10H2,1-3H3,(H,16,18). The summed E-state index contributed by atoms with van der Waals surface area (Å²) >= 11 is 0. The average Bonchev–Trinajstić information content (AvgIpc) is 2.37. The number of hydrogen-bond acceptors (Lipinski definition) is 3. The summed E-state index contributed by atoms with van der Waals surface area (Å²) in [5.74, 6) is 1.01. The molecule has 0 aromatic carbocycles. The molecule has 0 spiro atoms. The SMILES string of the molecule is CC1CCC(NC(=O)CN2CC(C)OCC2C)CC1. The van der Waals surface area contributed by atoms with Crippen molar-refractivity contribution < 1.29 is 9.53 Å². The molecule has 1 saturated heterocycles. The molecule has 2 fully saturated rings. The van der Waals surface area contributed by atoms with E-state index in [0.29, 0.717) is 18.6 Å². The predicted molar refractivity (Wildman–Crippen MR) is 76.0 cm³/mol. The summed E-state index contributed by atoms with van der Waals surface area (Å²) in [5, 5.41) is 3.20. The van der Waals surface area contributed by atoms with Crippen molar-refractivity contribution in [2.24, 2.45) is 5.92 Å². The van der Waals surface area contributed by atoms with Crippen LogP contribution in [-0.2, 0) is 9.53 Å². The molecule has 110 valence electrons. The molecule has 19 heavy (non-hydrogen) atoms. The fourth-order valence-corrected chi connectivity index (χ4v) is 3.05. The molecule has 1 saturated carbocycles. The van der Waals surface area contributed by atoms with Crippen LogP contribution >= 0.6 is 0 Å². The minimum Gasteiger partial charge on any atom is -0.376 e. The number of carbonyl (C=O) groups is 1. The Kier molecular flexibility index (Phi) is 5.22. The van der Waals surface area contributed by atoms with E-state index in [0.717, 1.165) is 31.9 Å². The van der Waals surface area contributed by atoms with Crippen LogP contribution in [0, 0.1) is 5.92 Å². The summed E-state index contributed by atoms with van der Waals surface area (Å²) in [6, 6.07) is 0.741. The minimum absolute atomic E-state index is 0.181. The molecule has 4 nitrogen and oxygen atoms in total. The quantitative estimate of drug-likeness (QED) is 0.848. The average molecular weight is 268 g/mol. The number of morpholine rings is 1. The van der Waals surface area contributed by atoms with Crippen LogP contribution in [0.4, 0.5) is 0 Å². The third-order valence-electron chi connectivity index (χ3n) is 4.46. The van der Waals surface area contributed by atoms with Gasteiger partial charge >= 0.3 is 0 Å². The Morgan fingerprint density at radius 1 is 1.21 bits per heavy atom. The van der Waals surface area contributed by atoms with Crippen LogP contribution in [0.5, 0.6) is 0 Å². The Bertz CT molecular complexity index is 301. The molecular weight excluding hydrogens is 240 g/mol. The van der Waals surface area contributed by atoms with E-state index in [2.05, 4.69) is 31.0 Å². The van der Waals surface area contributed by atoms with Gasteiger partial charge < -0.3 is 10.1 Å². The van der Waals surface area contributed by atoms with Gasteiger partial charge in [0.1, 0.15) is 0 Å². The Morgan fingerprint density at radius 3 is 2.58 bits per heavy atom.